The molecule has 0 aliphatic carbocycles. The number of hydrogen-bond donors (Lipinski definition) is 1. The summed E-state index contributed by atoms with van der Waals surface area (Å²) >= 11 is 12.1. The number of carbonyl (C=O) groups excluding carboxylic acids is 2. The van der Waals surface area contributed by atoms with Gasteiger partial charge in [0.15, 0.2) is 5.76 Å². The van der Waals surface area contributed by atoms with Crippen molar-refractivity contribution in [2.75, 3.05) is 27.2 Å². The first-order chi connectivity index (χ1) is 19.8. The van der Waals surface area contributed by atoms with Crippen LogP contribution in [0.4, 0.5) is 4.79 Å². The van der Waals surface area contributed by atoms with Crippen molar-refractivity contribution in [3.8, 4) is 17.2 Å². The molecule has 0 radical (unpaired) electrons. The molecule has 0 saturated heterocycles. The Bertz CT molecular complexity index is 1410. The van der Waals surface area contributed by atoms with E-state index in [2.05, 4.69) is 17.3 Å². The van der Waals surface area contributed by atoms with Crippen LogP contribution in [0.1, 0.15) is 53.6 Å². The smallest absolute Gasteiger partial charge is 0.412 e. The van der Waals surface area contributed by atoms with Crippen molar-refractivity contribution in [1.82, 2.24) is 10.2 Å². The minimum atomic E-state index is -0.470. The van der Waals surface area contributed by atoms with Gasteiger partial charge in [-0.1, -0.05) is 60.7 Å². The van der Waals surface area contributed by atoms with E-state index in [4.69, 9.17) is 37.4 Å². The summed E-state index contributed by atoms with van der Waals surface area (Å²) in [5.74, 6) is 1.78. The molecular formula is C32H34Cl2N2O5. The third-order valence-corrected chi connectivity index (χ3v) is 7.34. The normalized spacial score (nSPS) is 13.3. The summed E-state index contributed by atoms with van der Waals surface area (Å²) < 4.78 is 16.9. The highest BCUT2D eigenvalue weighted by Crippen LogP contribution is 2.35. The van der Waals surface area contributed by atoms with Crippen molar-refractivity contribution in [3.63, 3.8) is 0 Å². The fourth-order valence-corrected chi connectivity index (χ4v) is 4.78. The molecule has 9 heteroatoms. The van der Waals surface area contributed by atoms with E-state index in [0.29, 0.717) is 39.5 Å². The average Bonchev–Trinajstić information content (AvgIpc) is 3.26. The monoisotopic (exact) mass is 596 g/mol. The predicted octanol–water partition coefficient (Wildman–Crippen LogP) is 7.79. The molecule has 1 heterocycles. The van der Waals surface area contributed by atoms with Gasteiger partial charge in [0.25, 0.3) is 0 Å². The van der Waals surface area contributed by atoms with Crippen LogP contribution in [0.2, 0.25) is 10.0 Å². The van der Waals surface area contributed by atoms with Crippen LogP contribution in [0.3, 0.4) is 0 Å². The van der Waals surface area contributed by atoms with Crippen LogP contribution >= 0.6 is 23.2 Å². The Labute approximate surface area is 251 Å². The molecule has 4 rings (SSSR count). The number of fused-ring (bicyclic) bond motifs is 1. The summed E-state index contributed by atoms with van der Waals surface area (Å²) in [5.41, 5.74) is 2.35. The molecule has 0 atom stereocenters. The zero-order valence-corrected chi connectivity index (χ0v) is 24.8. The van der Waals surface area contributed by atoms with Gasteiger partial charge in [0.1, 0.15) is 17.2 Å². The fourth-order valence-electron chi connectivity index (χ4n) is 4.47. The van der Waals surface area contributed by atoms with Gasteiger partial charge in [-0.3, -0.25) is 4.79 Å². The summed E-state index contributed by atoms with van der Waals surface area (Å²) in [6, 6.07) is 18.1. The molecule has 1 N–H and O–H groups in total. The first-order valence-corrected chi connectivity index (χ1v) is 14.4. The second-order valence-electron chi connectivity index (χ2n) is 9.91. The molecule has 0 unspecified atom stereocenters. The molecule has 0 aromatic heterocycles. The average molecular weight is 598 g/mol. The number of amides is 1. The number of nitrogens with zero attached hydrogens (tertiary/aromatic N) is 1. The first kappa shape index (κ1) is 30.4. The minimum Gasteiger partial charge on any atom is -0.493 e. The number of halogens is 2. The second-order valence-corrected chi connectivity index (χ2v) is 10.7. The minimum absolute atomic E-state index is 0.174. The highest BCUT2D eigenvalue weighted by molar-refractivity contribution is 6.42. The predicted molar refractivity (Wildman–Crippen MR) is 162 cm³/mol. The van der Waals surface area contributed by atoms with E-state index in [1.165, 1.54) is 7.05 Å². The van der Waals surface area contributed by atoms with Gasteiger partial charge in [0.2, 0.25) is 5.78 Å². The van der Waals surface area contributed by atoms with E-state index in [9.17, 15) is 9.59 Å². The van der Waals surface area contributed by atoms with Gasteiger partial charge in [-0.15, -0.1) is 0 Å². The van der Waals surface area contributed by atoms with Crippen LogP contribution in [0.25, 0.3) is 6.08 Å². The Morgan fingerprint density at radius 1 is 0.951 bits per heavy atom. The number of Topliss-reactive ketones (excluding diaryl/α,β-unsaturated/α-hetero) is 1. The third kappa shape index (κ3) is 8.98. The molecule has 1 aliphatic heterocycles. The lowest BCUT2D eigenvalue weighted by Crippen LogP contribution is -2.22. The van der Waals surface area contributed by atoms with Crippen molar-refractivity contribution in [1.29, 1.82) is 0 Å². The fraction of sp³-hybridized carbons (Fsp3) is 0.312. The van der Waals surface area contributed by atoms with Gasteiger partial charge in [-0.2, -0.15) is 0 Å². The lowest BCUT2D eigenvalue weighted by Gasteiger charge is -2.17. The molecular weight excluding hydrogens is 563 g/mol. The van der Waals surface area contributed by atoms with Crippen molar-refractivity contribution in [2.24, 2.45) is 0 Å². The van der Waals surface area contributed by atoms with Gasteiger partial charge < -0.3 is 24.4 Å². The molecule has 41 heavy (non-hydrogen) atoms. The molecule has 3 aromatic rings. The summed E-state index contributed by atoms with van der Waals surface area (Å²) in [7, 11) is 3.64. The second kappa shape index (κ2) is 14.9. The number of allylic oxidation sites excluding steroid dienone is 1. The van der Waals surface area contributed by atoms with Gasteiger partial charge >= 0.3 is 6.09 Å². The molecule has 3 aromatic carbocycles. The largest absolute Gasteiger partial charge is 0.493 e. The van der Waals surface area contributed by atoms with E-state index in [1.807, 2.05) is 18.2 Å². The number of ketones is 1. The Morgan fingerprint density at radius 2 is 1.76 bits per heavy atom. The van der Waals surface area contributed by atoms with Gasteiger partial charge in [0.05, 0.1) is 22.2 Å². The molecule has 216 valence electrons. The Balaban J connectivity index is 1.12. The molecule has 0 bridgehead atoms. The number of nitrogens with one attached hydrogen (secondary N) is 1. The van der Waals surface area contributed by atoms with E-state index in [0.717, 1.165) is 56.3 Å². The highest BCUT2D eigenvalue weighted by atomic mass is 35.5. The van der Waals surface area contributed by atoms with E-state index >= 15 is 0 Å². The van der Waals surface area contributed by atoms with Crippen LogP contribution in [0, 0.1) is 0 Å². The van der Waals surface area contributed by atoms with Crippen molar-refractivity contribution in [2.45, 2.75) is 38.6 Å². The lowest BCUT2D eigenvalue weighted by atomic mass is 10.1. The molecule has 1 amide bonds. The van der Waals surface area contributed by atoms with Gasteiger partial charge in [-0.05, 0) is 80.0 Å². The number of unbranched alkanes of at least 4 members (excludes halogenated alkanes) is 4. The molecule has 0 saturated carbocycles. The van der Waals surface area contributed by atoms with Crippen LogP contribution in [-0.4, -0.2) is 44.0 Å². The summed E-state index contributed by atoms with van der Waals surface area (Å²) in [5, 5.41) is 3.32. The van der Waals surface area contributed by atoms with Crippen LogP contribution in [0.15, 0.2) is 66.4 Å². The van der Waals surface area contributed by atoms with Crippen molar-refractivity contribution < 1.29 is 23.8 Å². The Morgan fingerprint density at radius 3 is 2.56 bits per heavy atom. The standard InChI is InChI=1S/C32H34Cl2N2O5/c1-35-32(38)40-25-10-8-9-23(17-25)21-36(2)15-6-4-3-5-7-16-39-24-12-13-26-29(20-24)41-30(31(26)37)19-22-11-14-27(33)28(34)18-22/h8-14,17-20H,3-7,15-16,21H2,1-2H3,(H,35,38)/b30-19-. The molecule has 7 nitrogen and oxygen atoms in total. The maximum absolute atomic E-state index is 12.7. The SMILES string of the molecule is CNC(=O)Oc1cccc(CN(C)CCCCCCCOc2ccc3c(c2)O/C(=C\c2ccc(Cl)c(Cl)c2)C3=O)c1. The molecule has 0 spiro atoms. The van der Waals surface area contributed by atoms with Crippen molar-refractivity contribution >= 4 is 41.2 Å². The first-order valence-electron chi connectivity index (χ1n) is 13.7. The van der Waals surface area contributed by atoms with Gasteiger partial charge in [-0.25, -0.2) is 4.79 Å². The quantitative estimate of drug-likeness (QED) is 0.160. The van der Waals surface area contributed by atoms with E-state index in [-0.39, 0.29) is 11.5 Å². The Hall–Kier alpha value is -3.52. The summed E-state index contributed by atoms with van der Waals surface area (Å²) in [4.78, 5) is 26.4. The molecule has 1 aliphatic rings. The zero-order chi connectivity index (χ0) is 29.2. The van der Waals surface area contributed by atoms with Crippen molar-refractivity contribution in [3.05, 3.63) is 93.2 Å². The number of rotatable bonds is 13. The summed E-state index contributed by atoms with van der Waals surface area (Å²) in [6.45, 7) is 2.39. The highest BCUT2D eigenvalue weighted by Gasteiger charge is 2.27. The lowest BCUT2D eigenvalue weighted by molar-refractivity contribution is 0.101. The van der Waals surface area contributed by atoms with Crippen LogP contribution in [0.5, 0.6) is 17.2 Å². The van der Waals surface area contributed by atoms with E-state index in [1.54, 1.807) is 48.5 Å². The third-order valence-electron chi connectivity index (χ3n) is 6.60. The van der Waals surface area contributed by atoms with E-state index < -0.39 is 6.09 Å². The number of ether oxygens (including phenoxy) is 3. The number of hydrogen-bond acceptors (Lipinski definition) is 6. The molecule has 0 fully saturated rings. The van der Waals surface area contributed by atoms with Crippen LogP contribution in [-0.2, 0) is 6.54 Å². The van der Waals surface area contributed by atoms with Gasteiger partial charge in [0, 0.05) is 19.7 Å². The Kier molecular flexibility index (Phi) is 11.1. The maximum atomic E-state index is 12.7. The van der Waals surface area contributed by atoms with Crippen LogP contribution < -0.4 is 19.5 Å². The summed E-state index contributed by atoms with van der Waals surface area (Å²) in [6.07, 6.45) is 6.61. The maximum Gasteiger partial charge on any atom is 0.412 e. The number of benzene rings is 3. The number of carbonyl (C=O) groups is 2. The zero-order valence-electron chi connectivity index (χ0n) is 23.3. The topological polar surface area (TPSA) is 77.1 Å².